The van der Waals surface area contributed by atoms with Crippen molar-refractivity contribution in [3.8, 4) is 0 Å². The van der Waals surface area contributed by atoms with Crippen LogP contribution < -0.4 is 11.5 Å². The fourth-order valence-electron chi connectivity index (χ4n) is 0.569. The largest absolute Gasteiger partial charge is 0.370 e. The van der Waals surface area contributed by atoms with Crippen molar-refractivity contribution in [2.75, 3.05) is 0 Å². The Morgan fingerprint density at radius 1 is 1.64 bits per heavy atom. The molecule has 0 radical (unpaired) electrons. The van der Waals surface area contributed by atoms with E-state index in [-0.39, 0.29) is 11.1 Å². The number of guanidine groups is 1. The van der Waals surface area contributed by atoms with Crippen molar-refractivity contribution < 1.29 is 0 Å². The fourth-order valence-corrected chi connectivity index (χ4v) is 2.01. The molecular weight excluding hydrogens is 244 g/mol. The monoisotopic (exact) mass is 250 g/mol. The zero-order valence-corrected chi connectivity index (χ0v) is 9.29. The smallest absolute Gasteiger partial charge is 0.193 e. The number of aromatic nitrogens is 2. The maximum Gasteiger partial charge on any atom is 0.193 e. The van der Waals surface area contributed by atoms with Crippen LogP contribution in [0.15, 0.2) is 4.99 Å². The van der Waals surface area contributed by atoms with Crippen molar-refractivity contribution in [1.82, 2.24) is 9.59 Å². The number of thioether (sulfide) groups is 1. The van der Waals surface area contributed by atoms with E-state index in [9.17, 15) is 0 Å². The van der Waals surface area contributed by atoms with Crippen LogP contribution in [0.25, 0.3) is 0 Å². The first kappa shape index (κ1) is 11.2. The first-order valence-electron chi connectivity index (χ1n) is 3.37. The maximum absolute atomic E-state index is 7.32. The molecule has 0 unspecified atom stereocenters. The highest BCUT2D eigenvalue weighted by Crippen LogP contribution is 2.22. The zero-order chi connectivity index (χ0) is 10.6. The molecule has 76 valence electrons. The maximum atomic E-state index is 7.32. The average Bonchev–Trinajstić information content (AvgIpc) is 2.46. The third-order valence-corrected chi connectivity index (χ3v) is 2.85. The Kier molecular flexibility index (Phi) is 4.11. The van der Waals surface area contributed by atoms with Gasteiger partial charge in [0.2, 0.25) is 0 Å². The molecule has 5 N–H and O–H groups in total. The zero-order valence-electron chi connectivity index (χ0n) is 6.90. The summed E-state index contributed by atoms with van der Waals surface area (Å²) in [5, 5.41) is 11.1. The minimum Gasteiger partial charge on any atom is -0.370 e. The fraction of sp³-hybridized carbons (Fsp3) is 0.200. The van der Waals surface area contributed by atoms with Gasteiger partial charge in [0.05, 0.1) is 0 Å². The van der Waals surface area contributed by atoms with E-state index in [1.165, 1.54) is 0 Å². The number of rotatable bonds is 2. The van der Waals surface area contributed by atoms with Gasteiger partial charge in [-0.15, -0.1) is 5.10 Å². The van der Waals surface area contributed by atoms with Crippen LogP contribution in [-0.4, -0.2) is 20.7 Å². The Morgan fingerprint density at radius 2 is 2.36 bits per heavy atom. The second-order valence-corrected chi connectivity index (χ2v) is 4.44. The summed E-state index contributed by atoms with van der Waals surface area (Å²) in [4.78, 5) is 3.54. The first-order chi connectivity index (χ1) is 6.59. The molecule has 6 nitrogen and oxygen atoms in total. The number of nitrogens with one attached hydrogen (secondary N) is 1. The molecule has 0 saturated carbocycles. The normalized spacial score (nSPS) is 9.79. The highest BCUT2D eigenvalue weighted by atomic mass is 35.5. The molecule has 1 heterocycles. The van der Waals surface area contributed by atoms with E-state index in [0.717, 1.165) is 23.3 Å². The van der Waals surface area contributed by atoms with Gasteiger partial charge in [-0.25, -0.2) is 0 Å². The van der Waals surface area contributed by atoms with Crippen molar-refractivity contribution in [2.24, 2.45) is 16.5 Å². The number of hydrogen-bond acceptors (Lipinski definition) is 5. The van der Waals surface area contributed by atoms with E-state index in [2.05, 4.69) is 14.6 Å². The molecule has 1 aromatic rings. The summed E-state index contributed by atoms with van der Waals surface area (Å²) in [5.74, 6) is 0.301. The van der Waals surface area contributed by atoms with Crippen molar-refractivity contribution in [1.29, 1.82) is 5.41 Å². The van der Waals surface area contributed by atoms with Gasteiger partial charge in [0.15, 0.2) is 11.1 Å². The Hall–Kier alpha value is -0.860. The summed E-state index contributed by atoms with van der Waals surface area (Å²) in [6, 6.07) is 0. The second kappa shape index (κ2) is 5.13. The van der Waals surface area contributed by atoms with Gasteiger partial charge in [-0.1, -0.05) is 27.9 Å². The van der Waals surface area contributed by atoms with E-state index in [4.69, 9.17) is 28.5 Å². The summed E-state index contributed by atoms with van der Waals surface area (Å²) < 4.78 is 4.17. The minimum absolute atomic E-state index is 0.0223. The van der Waals surface area contributed by atoms with E-state index in [1.807, 2.05) is 0 Å². The summed E-state index contributed by atoms with van der Waals surface area (Å²) in [7, 11) is 0. The van der Waals surface area contributed by atoms with Gasteiger partial charge in [-0.05, 0) is 0 Å². The molecule has 0 saturated heterocycles. The van der Waals surface area contributed by atoms with E-state index >= 15 is 0 Å². The van der Waals surface area contributed by atoms with Gasteiger partial charge in [-0.3, -0.25) is 5.41 Å². The standard InChI is InChI=1S/C5H7ClN6S2/c6-3-2(11-12-14-3)1-13-5(9)10-4(7)8/h1H2,(H5,7,8,9,10). The number of halogens is 1. The molecule has 0 aliphatic carbocycles. The minimum atomic E-state index is -0.134. The molecular formula is C5H7ClN6S2. The van der Waals surface area contributed by atoms with Crippen LogP contribution in [0.5, 0.6) is 0 Å². The molecule has 0 atom stereocenters. The first-order valence-corrected chi connectivity index (χ1v) is 5.51. The quantitative estimate of drug-likeness (QED) is 0.526. The van der Waals surface area contributed by atoms with Gasteiger partial charge in [0.25, 0.3) is 0 Å². The van der Waals surface area contributed by atoms with Crippen LogP contribution in [0.2, 0.25) is 4.34 Å². The lowest BCUT2D eigenvalue weighted by Gasteiger charge is -1.96. The predicted molar refractivity (Wildman–Crippen MR) is 59.8 cm³/mol. The highest BCUT2D eigenvalue weighted by molar-refractivity contribution is 8.13. The van der Waals surface area contributed by atoms with Crippen LogP contribution in [0.4, 0.5) is 0 Å². The molecule has 1 rings (SSSR count). The average molecular weight is 251 g/mol. The Bertz CT molecular complexity index is 357. The number of amidine groups is 1. The number of nitrogens with zero attached hydrogens (tertiary/aromatic N) is 3. The molecule has 0 aliphatic heterocycles. The predicted octanol–water partition coefficient (Wildman–Crippen LogP) is 0.633. The number of aliphatic imine (C=N–C) groups is 1. The van der Waals surface area contributed by atoms with Gasteiger partial charge >= 0.3 is 0 Å². The second-order valence-electron chi connectivity index (χ2n) is 2.12. The molecule has 0 fully saturated rings. The molecule has 9 heteroatoms. The summed E-state index contributed by atoms with van der Waals surface area (Å²) in [5.41, 5.74) is 10.8. The van der Waals surface area contributed by atoms with Crippen molar-refractivity contribution in [2.45, 2.75) is 5.75 Å². The van der Waals surface area contributed by atoms with Crippen LogP contribution in [0, 0.1) is 5.41 Å². The number of hydrogen-bond donors (Lipinski definition) is 3. The van der Waals surface area contributed by atoms with Crippen molar-refractivity contribution in [3.05, 3.63) is 10.0 Å². The molecule has 0 bridgehead atoms. The van der Waals surface area contributed by atoms with E-state index in [0.29, 0.717) is 15.8 Å². The van der Waals surface area contributed by atoms with Crippen LogP contribution >= 0.6 is 34.9 Å². The van der Waals surface area contributed by atoms with Gasteiger partial charge in [-0.2, -0.15) is 4.99 Å². The van der Waals surface area contributed by atoms with Crippen molar-refractivity contribution >= 4 is 46.0 Å². The van der Waals surface area contributed by atoms with E-state index < -0.39 is 0 Å². The summed E-state index contributed by atoms with van der Waals surface area (Å²) in [6.45, 7) is 0. The van der Waals surface area contributed by atoms with Crippen LogP contribution in [-0.2, 0) is 5.75 Å². The van der Waals surface area contributed by atoms with Crippen LogP contribution in [0.1, 0.15) is 5.69 Å². The third kappa shape index (κ3) is 3.48. The van der Waals surface area contributed by atoms with Gasteiger partial charge in [0, 0.05) is 17.3 Å². The third-order valence-electron chi connectivity index (χ3n) is 1.09. The highest BCUT2D eigenvalue weighted by Gasteiger charge is 2.06. The lowest BCUT2D eigenvalue weighted by molar-refractivity contribution is 1.08. The Balaban J connectivity index is 2.46. The summed E-state index contributed by atoms with van der Waals surface area (Å²) >= 11 is 7.99. The van der Waals surface area contributed by atoms with Crippen LogP contribution in [0.3, 0.4) is 0 Å². The lowest BCUT2D eigenvalue weighted by Crippen LogP contribution is -2.23. The molecule has 0 spiro atoms. The van der Waals surface area contributed by atoms with Gasteiger partial charge in [0.1, 0.15) is 10.0 Å². The number of nitrogens with two attached hydrogens (primary N) is 2. The lowest BCUT2D eigenvalue weighted by atomic mass is 10.6. The molecule has 0 aliphatic rings. The SMILES string of the molecule is N=C(N=C(N)N)SCc1nnsc1Cl. The molecule has 14 heavy (non-hydrogen) atoms. The topological polar surface area (TPSA) is 114 Å². The van der Waals surface area contributed by atoms with E-state index in [1.54, 1.807) is 0 Å². The molecule has 0 amide bonds. The van der Waals surface area contributed by atoms with Crippen molar-refractivity contribution in [3.63, 3.8) is 0 Å². The summed E-state index contributed by atoms with van der Waals surface area (Å²) in [6.07, 6.45) is 0. The van der Waals surface area contributed by atoms with Gasteiger partial charge < -0.3 is 11.5 Å². The Morgan fingerprint density at radius 3 is 2.86 bits per heavy atom. The Labute approximate surface area is 93.4 Å². The molecule has 0 aromatic carbocycles. The molecule has 1 aromatic heterocycles.